The Morgan fingerprint density at radius 1 is 1.58 bits per heavy atom. The molecule has 3 nitrogen and oxygen atoms in total. The molecule has 0 radical (unpaired) electrons. The summed E-state index contributed by atoms with van der Waals surface area (Å²) in [5, 5.41) is 0. The zero-order valence-corrected chi connectivity index (χ0v) is 10.1. The molecule has 3 N–H and O–H groups in total. The molecule has 1 fully saturated rings. The molecule has 6 heteroatoms. The quantitative estimate of drug-likeness (QED) is 0.683. The van der Waals surface area contributed by atoms with E-state index in [4.69, 9.17) is 30.3 Å². The smallest absolute Gasteiger partial charge is 0.115 e. The zero-order chi connectivity index (χ0) is 9.56. The average Bonchev–Trinajstić information content (AvgIpc) is 1.99. The molecule has 12 heavy (non-hydrogen) atoms. The number of hydrogen-bond acceptors (Lipinski definition) is 2. The summed E-state index contributed by atoms with van der Waals surface area (Å²) in [4.78, 5) is 10.7. The summed E-state index contributed by atoms with van der Waals surface area (Å²) in [6.45, 7) is 0. The van der Waals surface area contributed by atoms with Gasteiger partial charge in [0.2, 0.25) is 0 Å². The third-order valence-electron chi connectivity index (χ3n) is 1.69. The van der Waals surface area contributed by atoms with Gasteiger partial charge in [0.25, 0.3) is 0 Å². The minimum Gasteiger partial charge on any atom is -0.668 e. The second-order valence-corrected chi connectivity index (χ2v) is 5.88. The van der Waals surface area contributed by atoms with E-state index in [9.17, 15) is 4.79 Å². The van der Waals surface area contributed by atoms with E-state index in [1.165, 1.54) is 0 Å². The summed E-state index contributed by atoms with van der Waals surface area (Å²) in [6.07, 6.45) is 1.84. The molecule has 0 saturated heterocycles. The number of Topliss-reactive ketones (excluding diaryl/α,β-unsaturated/α-hetero) is 1. The van der Waals surface area contributed by atoms with Crippen LogP contribution in [0.5, 0.6) is 0 Å². The van der Waals surface area contributed by atoms with E-state index in [0.717, 1.165) is 6.42 Å². The fourth-order valence-corrected chi connectivity index (χ4v) is 1.05. The van der Waals surface area contributed by atoms with Crippen LogP contribution in [-0.2, 0) is 21.3 Å². The van der Waals surface area contributed by atoms with Gasteiger partial charge >= 0.3 is 35.3 Å². The molecule has 0 aliphatic heterocycles. The van der Waals surface area contributed by atoms with Crippen molar-refractivity contribution in [3.8, 4) is 0 Å². The first-order valence-electron chi connectivity index (χ1n) is 3.43. The van der Waals surface area contributed by atoms with E-state index in [1.54, 1.807) is 0 Å². The fourth-order valence-electron chi connectivity index (χ4n) is 1.05. The Labute approximate surface area is 88.5 Å². The van der Waals surface area contributed by atoms with Gasteiger partial charge in [-0.15, -0.1) is 0 Å². The number of nitrogens with two attached hydrogens (primary N) is 1. The van der Waals surface area contributed by atoms with Crippen molar-refractivity contribution in [2.45, 2.75) is 31.3 Å². The van der Waals surface area contributed by atoms with Gasteiger partial charge in [0.15, 0.2) is 0 Å². The first-order valence-corrected chi connectivity index (χ1v) is 9.06. The largest absolute Gasteiger partial charge is 0.668 e. The van der Waals surface area contributed by atoms with Gasteiger partial charge in [0.1, 0.15) is 5.78 Å². The molecule has 0 aromatic rings. The number of rotatable bonds is 0. The van der Waals surface area contributed by atoms with Gasteiger partial charge in [0.05, 0.1) is 0 Å². The number of hydrogen-bond donors (Lipinski definition) is 1. The average molecular weight is 393 g/mol. The summed E-state index contributed by atoms with van der Waals surface area (Å²) >= 11 is -0.472. The van der Waals surface area contributed by atoms with Gasteiger partial charge in [-0.25, -0.2) is 0 Å². The number of ketones is 1. The van der Waals surface area contributed by atoms with E-state index < -0.39 is 22.5 Å². The molecular weight excluding hydrogens is 382 g/mol. The Hall–Kier alpha value is 0.858. The Balaban J connectivity index is 0.000000354. The Morgan fingerprint density at radius 3 is 2.42 bits per heavy atom. The standard InChI is InChI=1S/C6H11N2O.2ClH.Pt/c7-4-1-2-6(9)5(8)3-4;;;/h4-5,8H,1-3,7H2;2*1H;/q-1;;;+2/p-2. The summed E-state index contributed by atoms with van der Waals surface area (Å²) < 4.78 is 0. The van der Waals surface area contributed by atoms with Crippen LogP contribution < -0.4 is 5.73 Å². The van der Waals surface area contributed by atoms with Crippen LogP contribution in [0.15, 0.2) is 0 Å². The fraction of sp³-hybridized carbons (Fsp3) is 0.833. The maximum absolute atomic E-state index is 10.7. The summed E-state index contributed by atoms with van der Waals surface area (Å²) in [6, 6.07) is -0.445. The van der Waals surface area contributed by atoms with Crippen LogP contribution in [-0.4, -0.2) is 17.9 Å². The number of nitrogens with one attached hydrogen (secondary N) is 1. The van der Waals surface area contributed by atoms with Gasteiger partial charge in [-0.3, -0.25) is 0 Å². The van der Waals surface area contributed by atoms with Crippen molar-refractivity contribution in [3.63, 3.8) is 0 Å². The molecule has 0 heterocycles. The number of halogens is 2. The molecule has 76 valence electrons. The first kappa shape index (κ1) is 12.9. The monoisotopic (exact) mass is 392 g/mol. The minimum absolute atomic E-state index is 0.0525. The summed E-state index contributed by atoms with van der Waals surface area (Å²) in [5.41, 5.74) is 12.7. The predicted molar refractivity (Wildman–Crippen MR) is 46.6 cm³/mol. The van der Waals surface area contributed by atoms with Crippen molar-refractivity contribution in [2.24, 2.45) is 5.73 Å². The van der Waals surface area contributed by atoms with E-state index >= 15 is 0 Å². The van der Waals surface area contributed by atoms with Crippen LogP contribution >= 0.6 is 18.8 Å². The normalized spacial score (nSPS) is 29.5. The maximum Gasteiger partial charge on any atom is 0.115 e. The molecule has 0 amide bonds. The van der Waals surface area contributed by atoms with Gasteiger partial charge in [0, 0.05) is 12.5 Å². The molecule has 0 bridgehead atoms. The van der Waals surface area contributed by atoms with Crippen molar-refractivity contribution in [1.29, 1.82) is 0 Å². The van der Waals surface area contributed by atoms with Crippen molar-refractivity contribution in [1.82, 2.24) is 0 Å². The van der Waals surface area contributed by atoms with Crippen molar-refractivity contribution in [3.05, 3.63) is 5.73 Å². The third kappa shape index (κ3) is 5.49. The third-order valence-corrected chi connectivity index (χ3v) is 1.69. The number of carbonyl (C=O) groups is 1. The van der Waals surface area contributed by atoms with E-state index in [0.29, 0.717) is 12.8 Å². The Kier molecular flexibility index (Phi) is 7.80. The molecule has 2 unspecified atom stereocenters. The van der Waals surface area contributed by atoms with Crippen molar-refractivity contribution < 1.29 is 21.3 Å². The second-order valence-electron chi connectivity index (χ2n) is 2.60. The van der Waals surface area contributed by atoms with Crippen LogP contribution in [0.1, 0.15) is 19.3 Å². The van der Waals surface area contributed by atoms with Crippen LogP contribution in [0.2, 0.25) is 0 Å². The molecule has 1 rings (SSSR count). The van der Waals surface area contributed by atoms with Gasteiger partial charge < -0.3 is 16.3 Å². The van der Waals surface area contributed by atoms with Gasteiger partial charge in [-0.1, -0.05) is 6.04 Å². The van der Waals surface area contributed by atoms with Crippen LogP contribution in [0.4, 0.5) is 0 Å². The van der Waals surface area contributed by atoms with Crippen LogP contribution in [0, 0.1) is 0 Å². The molecular formula is C6H11Cl2N2OPt-. The predicted octanol–water partition coefficient (Wildman–Crippen LogP) is 1.86. The SMILES string of the molecule is [Cl][Pt][Cl].[NH-]C1CC(N)CCC1=O. The molecule has 1 saturated carbocycles. The van der Waals surface area contributed by atoms with Crippen LogP contribution in [0.3, 0.4) is 0 Å². The molecule has 1 aliphatic rings. The molecule has 0 aromatic carbocycles. The second kappa shape index (κ2) is 7.28. The van der Waals surface area contributed by atoms with Crippen molar-refractivity contribution >= 4 is 24.6 Å². The zero-order valence-electron chi connectivity index (χ0n) is 6.33. The van der Waals surface area contributed by atoms with Gasteiger partial charge in [-0.05, 0) is 12.8 Å². The van der Waals surface area contributed by atoms with E-state index in [-0.39, 0.29) is 11.8 Å². The Bertz CT molecular complexity index is 148. The minimum atomic E-state index is -0.534. The summed E-state index contributed by atoms with van der Waals surface area (Å²) in [7, 11) is 9.75. The molecule has 2 atom stereocenters. The van der Waals surface area contributed by atoms with E-state index in [2.05, 4.69) is 0 Å². The number of carbonyl (C=O) groups excluding carboxylic acids is 1. The summed E-state index contributed by atoms with van der Waals surface area (Å²) in [5.74, 6) is 0.0525. The first-order chi connectivity index (χ1) is 5.61. The molecule has 1 aliphatic carbocycles. The van der Waals surface area contributed by atoms with E-state index in [1.807, 2.05) is 0 Å². The van der Waals surface area contributed by atoms with Crippen molar-refractivity contribution in [2.75, 3.05) is 0 Å². The molecule has 0 aromatic heterocycles. The topological polar surface area (TPSA) is 66.9 Å². The van der Waals surface area contributed by atoms with Crippen LogP contribution in [0.25, 0.3) is 5.73 Å². The Morgan fingerprint density at radius 2 is 2.08 bits per heavy atom. The van der Waals surface area contributed by atoms with Gasteiger partial charge in [-0.2, -0.15) is 0 Å². The maximum atomic E-state index is 10.7. The molecule has 0 spiro atoms.